The molecule has 0 amide bonds. The Kier molecular flexibility index (Phi) is 3.01. The van der Waals surface area contributed by atoms with E-state index >= 15 is 0 Å². The average Bonchev–Trinajstić information content (AvgIpc) is 3.03. The number of aliphatic hydroxyl groups excluding tert-OH is 3. The zero-order valence-corrected chi connectivity index (χ0v) is 15.9. The molecular weight excluding hydrogens is 330 g/mol. The largest absolute Gasteiger partial charge is 0.393 e. The summed E-state index contributed by atoms with van der Waals surface area (Å²) in [4.78, 5) is 2.55. The standard InChI is InChI=1S/C21H33NO4/c1-3-22-9-19(2)5-4-15(24)21-11-6-10-13(23)8-20(26,16(11)17(10)25)12(18(21)22)7-14(19)21/h10-18,23-26H,3-9H2,1-2H3/t10-,11-,12-,13+,14+,15+,16-,17-,18+,19-,20+,21+/m0/s1. The van der Waals surface area contributed by atoms with Gasteiger partial charge < -0.3 is 20.4 Å². The Hall–Kier alpha value is -0.200. The molecule has 1 saturated heterocycles. The Bertz CT molecular complexity index is 658. The monoisotopic (exact) mass is 363 g/mol. The van der Waals surface area contributed by atoms with Crippen LogP contribution in [0.5, 0.6) is 0 Å². The molecule has 0 radical (unpaired) electrons. The van der Waals surface area contributed by atoms with Gasteiger partial charge in [0.2, 0.25) is 0 Å². The molecule has 1 aliphatic heterocycles. The molecule has 12 atom stereocenters. The molecule has 1 spiro atoms. The molecule has 0 aromatic carbocycles. The van der Waals surface area contributed by atoms with Gasteiger partial charge in [0, 0.05) is 42.2 Å². The lowest BCUT2D eigenvalue weighted by atomic mass is 9.43. The Morgan fingerprint density at radius 1 is 1.12 bits per heavy atom. The summed E-state index contributed by atoms with van der Waals surface area (Å²) in [6.45, 7) is 6.61. The summed E-state index contributed by atoms with van der Waals surface area (Å²) >= 11 is 0. The first-order valence-electron chi connectivity index (χ1n) is 10.8. The highest BCUT2D eigenvalue weighted by atomic mass is 16.3. The van der Waals surface area contributed by atoms with Crippen molar-refractivity contribution in [1.82, 2.24) is 4.90 Å². The highest BCUT2D eigenvalue weighted by Gasteiger charge is 2.82. The minimum atomic E-state index is -0.984. The maximum absolute atomic E-state index is 11.9. The van der Waals surface area contributed by atoms with Gasteiger partial charge in [-0.2, -0.15) is 0 Å². The van der Waals surface area contributed by atoms with Gasteiger partial charge in [-0.3, -0.25) is 4.90 Å². The van der Waals surface area contributed by atoms with Crippen LogP contribution in [0.3, 0.4) is 0 Å². The van der Waals surface area contributed by atoms with Gasteiger partial charge in [0.1, 0.15) is 0 Å². The first kappa shape index (κ1) is 16.7. The Morgan fingerprint density at radius 2 is 1.88 bits per heavy atom. The first-order chi connectivity index (χ1) is 12.3. The van der Waals surface area contributed by atoms with Crippen molar-refractivity contribution >= 4 is 0 Å². The topological polar surface area (TPSA) is 84.2 Å². The molecule has 6 fully saturated rings. The summed E-state index contributed by atoms with van der Waals surface area (Å²) in [6.07, 6.45) is 2.44. The second-order valence-electron chi connectivity index (χ2n) is 10.9. The SMILES string of the molecule is CCN1C[C@]2(C)CC[C@@H](O)[C@@]34[C@@H]2C[C@@H]([C@@H]13)[C@]1(O)C[C@@H](O)[C@@H]2C[C@H]4[C@H]1[C@H]2O. The molecule has 0 aromatic heterocycles. The normalized spacial score (nSPS) is 68.3. The van der Waals surface area contributed by atoms with Crippen LogP contribution in [0.15, 0.2) is 0 Å². The molecule has 0 aromatic rings. The lowest BCUT2D eigenvalue weighted by molar-refractivity contribution is -0.265. The Labute approximate surface area is 155 Å². The highest BCUT2D eigenvalue weighted by molar-refractivity contribution is 5.32. The summed E-state index contributed by atoms with van der Waals surface area (Å²) in [5, 5.41) is 45.1. The fraction of sp³-hybridized carbons (Fsp3) is 1.00. The quantitative estimate of drug-likeness (QED) is 0.548. The average molecular weight is 363 g/mol. The molecule has 4 N–H and O–H groups in total. The molecule has 5 heteroatoms. The van der Waals surface area contributed by atoms with Crippen LogP contribution in [0.4, 0.5) is 0 Å². The van der Waals surface area contributed by atoms with Crippen LogP contribution >= 0.6 is 0 Å². The van der Waals surface area contributed by atoms with E-state index in [0.717, 1.165) is 38.8 Å². The predicted octanol–water partition coefficient (Wildman–Crippen LogP) is 0.596. The zero-order valence-electron chi connectivity index (χ0n) is 15.9. The van der Waals surface area contributed by atoms with E-state index in [1.54, 1.807) is 0 Å². The Balaban J connectivity index is 1.61. The summed E-state index contributed by atoms with van der Waals surface area (Å²) < 4.78 is 0. The number of hydrogen-bond acceptors (Lipinski definition) is 5. The van der Waals surface area contributed by atoms with Crippen molar-refractivity contribution in [3.63, 3.8) is 0 Å². The van der Waals surface area contributed by atoms with Crippen LogP contribution in [-0.4, -0.2) is 68.4 Å². The minimum absolute atomic E-state index is 0.0617. The van der Waals surface area contributed by atoms with Crippen LogP contribution in [-0.2, 0) is 0 Å². The van der Waals surface area contributed by atoms with Gasteiger partial charge >= 0.3 is 0 Å². The van der Waals surface area contributed by atoms with Crippen molar-refractivity contribution < 1.29 is 20.4 Å². The minimum Gasteiger partial charge on any atom is -0.393 e. The highest BCUT2D eigenvalue weighted by Crippen LogP contribution is 2.78. The zero-order chi connectivity index (χ0) is 18.2. The number of nitrogens with zero attached hydrogens (tertiary/aromatic N) is 1. The number of piperidine rings is 1. The van der Waals surface area contributed by atoms with E-state index < -0.39 is 17.8 Å². The van der Waals surface area contributed by atoms with E-state index in [4.69, 9.17) is 0 Å². The van der Waals surface area contributed by atoms with Gasteiger partial charge in [0.15, 0.2) is 0 Å². The lowest BCUT2D eigenvalue weighted by Gasteiger charge is -2.68. The van der Waals surface area contributed by atoms with E-state index in [9.17, 15) is 20.4 Å². The number of fused-ring (bicyclic) bond motifs is 2. The summed E-state index contributed by atoms with van der Waals surface area (Å²) in [5.41, 5.74) is -0.998. The maximum Gasteiger partial charge on any atom is 0.0771 e. The van der Waals surface area contributed by atoms with Crippen LogP contribution in [0.25, 0.3) is 0 Å². The van der Waals surface area contributed by atoms with Gasteiger partial charge in [-0.05, 0) is 49.5 Å². The summed E-state index contributed by atoms with van der Waals surface area (Å²) in [5.74, 6) is 0.319. The van der Waals surface area contributed by atoms with Gasteiger partial charge in [0.25, 0.3) is 0 Å². The number of aliphatic hydroxyl groups is 4. The molecule has 146 valence electrons. The molecule has 6 aliphatic rings. The fourth-order valence-corrected chi connectivity index (χ4v) is 9.83. The second-order valence-corrected chi connectivity index (χ2v) is 10.9. The summed E-state index contributed by atoms with van der Waals surface area (Å²) in [7, 11) is 0. The smallest absolute Gasteiger partial charge is 0.0771 e. The Morgan fingerprint density at radius 3 is 2.62 bits per heavy atom. The molecule has 7 bridgehead atoms. The van der Waals surface area contributed by atoms with Crippen LogP contribution in [0, 0.1) is 40.4 Å². The lowest BCUT2D eigenvalue weighted by Crippen LogP contribution is -2.75. The molecule has 6 rings (SSSR count). The van der Waals surface area contributed by atoms with Crippen molar-refractivity contribution in [2.45, 2.75) is 75.9 Å². The molecule has 5 aliphatic carbocycles. The number of likely N-dealkylation sites (tertiary alicyclic amines) is 1. The van der Waals surface area contributed by atoms with Crippen LogP contribution in [0.2, 0.25) is 0 Å². The van der Waals surface area contributed by atoms with E-state index in [2.05, 4.69) is 18.7 Å². The molecule has 5 saturated carbocycles. The maximum atomic E-state index is 11.9. The molecule has 0 unspecified atom stereocenters. The van der Waals surface area contributed by atoms with Crippen molar-refractivity contribution in [2.24, 2.45) is 40.4 Å². The third kappa shape index (κ3) is 1.47. The van der Waals surface area contributed by atoms with Crippen molar-refractivity contribution in [3.05, 3.63) is 0 Å². The van der Waals surface area contributed by atoms with E-state index in [0.29, 0.717) is 12.3 Å². The number of hydrogen-bond donors (Lipinski definition) is 4. The van der Waals surface area contributed by atoms with E-state index in [1.807, 2.05) is 0 Å². The number of rotatable bonds is 1. The third-order valence-corrected chi connectivity index (χ3v) is 10.4. The van der Waals surface area contributed by atoms with Gasteiger partial charge in [0.05, 0.1) is 23.9 Å². The van der Waals surface area contributed by atoms with Crippen molar-refractivity contribution in [2.75, 3.05) is 13.1 Å². The molecule has 1 heterocycles. The molecule has 5 nitrogen and oxygen atoms in total. The molecule has 26 heavy (non-hydrogen) atoms. The second kappa shape index (κ2) is 4.68. The van der Waals surface area contributed by atoms with Crippen LogP contribution < -0.4 is 0 Å². The van der Waals surface area contributed by atoms with Crippen LogP contribution in [0.1, 0.15) is 46.0 Å². The predicted molar refractivity (Wildman–Crippen MR) is 95.1 cm³/mol. The van der Waals surface area contributed by atoms with E-state index in [1.165, 1.54) is 0 Å². The first-order valence-corrected chi connectivity index (χ1v) is 10.8. The van der Waals surface area contributed by atoms with Crippen molar-refractivity contribution in [1.29, 1.82) is 0 Å². The third-order valence-electron chi connectivity index (χ3n) is 10.4. The van der Waals surface area contributed by atoms with Gasteiger partial charge in [-0.1, -0.05) is 13.8 Å². The fourth-order valence-electron chi connectivity index (χ4n) is 9.83. The van der Waals surface area contributed by atoms with Gasteiger partial charge in [-0.15, -0.1) is 0 Å². The summed E-state index contributed by atoms with van der Waals surface area (Å²) in [6, 6.07) is 0.198. The van der Waals surface area contributed by atoms with Gasteiger partial charge in [-0.25, -0.2) is 0 Å². The van der Waals surface area contributed by atoms with E-state index in [-0.39, 0.29) is 46.6 Å². The van der Waals surface area contributed by atoms with Crippen molar-refractivity contribution in [3.8, 4) is 0 Å². The molecular formula is C21H33NO4.